The lowest BCUT2D eigenvalue weighted by Crippen LogP contribution is -2.31. The van der Waals surface area contributed by atoms with Crippen LogP contribution >= 0.6 is 0 Å². The molecule has 1 N–H and O–H groups in total. The van der Waals surface area contributed by atoms with Crippen LogP contribution in [0.15, 0.2) is 54.6 Å². The van der Waals surface area contributed by atoms with Crippen LogP contribution in [0.5, 0.6) is 0 Å². The second-order valence-electron chi connectivity index (χ2n) is 6.02. The molecule has 0 bridgehead atoms. The maximum atomic E-state index is 12.1. The molecular formula is C19H18N4O. The smallest absolute Gasteiger partial charge is 0.244 e. The van der Waals surface area contributed by atoms with Crippen molar-refractivity contribution < 1.29 is 4.79 Å². The number of nitrogens with one attached hydrogen (secondary N) is 1. The van der Waals surface area contributed by atoms with E-state index in [1.807, 2.05) is 61.6 Å². The molecule has 4 rings (SSSR count). The lowest BCUT2D eigenvalue weighted by molar-refractivity contribution is -0.127. The summed E-state index contributed by atoms with van der Waals surface area (Å²) in [7, 11) is 1.82. The van der Waals surface area contributed by atoms with E-state index >= 15 is 0 Å². The zero-order valence-corrected chi connectivity index (χ0v) is 13.4. The number of hydrogen-bond acceptors (Lipinski definition) is 4. The lowest BCUT2D eigenvalue weighted by Gasteiger charge is -2.14. The van der Waals surface area contributed by atoms with Crippen molar-refractivity contribution in [2.24, 2.45) is 0 Å². The van der Waals surface area contributed by atoms with Gasteiger partial charge in [-0.1, -0.05) is 48.5 Å². The highest BCUT2D eigenvalue weighted by atomic mass is 16.2. The molecule has 120 valence electrons. The molecule has 1 atom stereocenters. The Morgan fingerprint density at radius 2 is 1.79 bits per heavy atom. The first kappa shape index (κ1) is 14.6. The molecule has 0 radical (unpaired) electrons. The van der Waals surface area contributed by atoms with Crippen molar-refractivity contribution in [3.8, 4) is 11.3 Å². The summed E-state index contributed by atoms with van der Waals surface area (Å²) in [6.07, 6.45) is 0.770. The molecule has 2 aromatic carbocycles. The second kappa shape index (κ2) is 5.92. The molecule has 0 aliphatic carbocycles. The normalized spacial score (nSPS) is 17.5. The highest BCUT2D eigenvalue weighted by molar-refractivity contribution is 5.93. The van der Waals surface area contributed by atoms with Gasteiger partial charge in [-0.25, -0.2) is 9.97 Å². The number of fused-ring (bicyclic) bond motifs is 1. The number of likely N-dealkylation sites (tertiary alicyclic amines) is 1. The highest BCUT2D eigenvalue weighted by Gasteiger charge is 2.29. The summed E-state index contributed by atoms with van der Waals surface area (Å²) in [5, 5.41) is 4.21. The minimum atomic E-state index is -0.250. The van der Waals surface area contributed by atoms with Crippen molar-refractivity contribution >= 4 is 22.8 Å². The van der Waals surface area contributed by atoms with Gasteiger partial charge in [0.05, 0.1) is 11.2 Å². The first-order chi connectivity index (χ1) is 11.7. The molecule has 5 heteroatoms. The topological polar surface area (TPSA) is 58.1 Å². The van der Waals surface area contributed by atoms with Crippen molar-refractivity contribution in [3.63, 3.8) is 0 Å². The Bertz CT molecular complexity index is 894. The average Bonchev–Trinajstić information content (AvgIpc) is 2.94. The van der Waals surface area contributed by atoms with Crippen LogP contribution in [0, 0.1) is 0 Å². The maximum absolute atomic E-state index is 12.1. The van der Waals surface area contributed by atoms with Crippen molar-refractivity contribution in [3.05, 3.63) is 54.6 Å². The van der Waals surface area contributed by atoms with Crippen LogP contribution < -0.4 is 5.32 Å². The zero-order chi connectivity index (χ0) is 16.5. The average molecular weight is 318 g/mol. The van der Waals surface area contributed by atoms with E-state index in [9.17, 15) is 4.79 Å². The summed E-state index contributed by atoms with van der Waals surface area (Å²) >= 11 is 0. The Labute approximate surface area is 140 Å². The van der Waals surface area contributed by atoms with Crippen molar-refractivity contribution in [2.45, 2.75) is 12.5 Å². The Morgan fingerprint density at radius 1 is 1.04 bits per heavy atom. The van der Waals surface area contributed by atoms with E-state index in [1.54, 1.807) is 4.90 Å². The van der Waals surface area contributed by atoms with Crippen LogP contribution in [0.3, 0.4) is 0 Å². The summed E-state index contributed by atoms with van der Waals surface area (Å²) in [6.45, 7) is 0.760. The quantitative estimate of drug-likeness (QED) is 0.806. The van der Waals surface area contributed by atoms with Gasteiger partial charge in [0, 0.05) is 24.5 Å². The molecule has 0 spiro atoms. The summed E-state index contributed by atoms with van der Waals surface area (Å²) in [5.41, 5.74) is 2.78. The molecule has 1 aromatic heterocycles. The van der Waals surface area contributed by atoms with Crippen molar-refractivity contribution in [1.29, 1.82) is 0 Å². The number of benzene rings is 2. The van der Waals surface area contributed by atoms with Gasteiger partial charge in [-0.2, -0.15) is 0 Å². The lowest BCUT2D eigenvalue weighted by atomic mass is 10.1. The Balaban J connectivity index is 1.79. The van der Waals surface area contributed by atoms with Crippen LogP contribution in [0.1, 0.15) is 6.42 Å². The molecule has 2 heterocycles. The van der Waals surface area contributed by atoms with Gasteiger partial charge in [-0.3, -0.25) is 4.79 Å². The van der Waals surface area contributed by atoms with Gasteiger partial charge >= 0.3 is 0 Å². The Hall–Kier alpha value is -2.95. The van der Waals surface area contributed by atoms with Gasteiger partial charge in [0.25, 0.3) is 0 Å². The number of anilines is 1. The van der Waals surface area contributed by atoms with Crippen LogP contribution in [-0.4, -0.2) is 40.4 Å². The number of likely N-dealkylation sites (N-methyl/N-ethyl adjacent to an activating group) is 1. The fourth-order valence-corrected chi connectivity index (χ4v) is 3.07. The largest absolute Gasteiger partial charge is 0.344 e. The monoisotopic (exact) mass is 318 g/mol. The van der Waals surface area contributed by atoms with E-state index < -0.39 is 0 Å². The predicted octanol–water partition coefficient (Wildman–Crippen LogP) is 2.94. The summed E-state index contributed by atoms with van der Waals surface area (Å²) in [4.78, 5) is 23.2. The van der Waals surface area contributed by atoms with Crippen LogP contribution in [0.4, 0.5) is 5.95 Å². The van der Waals surface area contributed by atoms with Crippen LogP contribution in [0.2, 0.25) is 0 Å². The van der Waals surface area contributed by atoms with Gasteiger partial charge in [0.2, 0.25) is 11.9 Å². The molecule has 24 heavy (non-hydrogen) atoms. The first-order valence-electron chi connectivity index (χ1n) is 8.06. The summed E-state index contributed by atoms with van der Waals surface area (Å²) < 4.78 is 0. The molecule has 1 unspecified atom stereocenters. The van der Waals surface area contributed by atoms with E-state index in [0.717, 1.165) is 35.1 Å². The number of amides is 1. The summed E-state index contributed by atoms with van der Waals surface area (Å²) in [6, 6.07) is 17.7. The van der Waals surface area contributed by atoms with Crippen molar-refractivity contribution in [1.82, 2.24) is 14.9 Å². The number of carbonyl (C=O) groups is 1. The third-order valence-corrected chi connectivity index (χ3v) is 4.38. The molecule has 1 aliphatic heterocycles. The number of carbonyl (C=O) groups excluding carboxylic acids is 1. The molecule has 5 nitrogen and oxygen atoms in total. The van der Waals surface area contributed by atoms with E-state index in [-0.39, 0.29) is 11.9 Å². The van der Waals surface area contributed by atoms with Crippen molar-refractivity contribution in [2.75, 3.05) is 18.9 Å². The van der Waals surface area contributed by atoms with Gasteiger partial charge < -0.3 is 10.2 Å². The van der Waals surface area contributed by atoms with Gasteiger partial charge in [-0.05, 0) is 12.5 Å². The SMILES string of the molecule is CN1CCC(Nc2nc(-c3ccccc3)c3ccccc3n2)C1=O. The third kappa shape index (κ3) is 2.58. The minimum absolute atomic E-state index is 0.0908. The van der Waals surface area contributed by atoms with E-state index in [2.05, 4.69) is 10.3 Å². The first-order valence-corrected chi connectivity index (χ1v) is 8.06. The van der Waals surface area contributed by atoms with Crippen LogP contribution in [0.25, 0.3) is 22.2 Å². The van der Waals surface area contributed by atoms with E-state index in [0.29, 0.717) is 5.95 Å². The zero-order valence-electron chi connectivity index (χ0n) is 13.4. The molecular weight excluding hydrogens is 300 g/mol. The number of hydrogen-bond donors (Lipinski definition) is 1. The minimum Gasteiger partial charge on any atom is -0.344 e. The Kier molecular flexibility index (Phi) is 3.61. The van der Waals surface area contributed by atoms with Gasteiger partial charge in [0.1, 0.15) is 6.04 Å². The molecule has 3 aromatic rings. The molecule has 1 amide bonds. The second-order valence-corrected chi connectivity index (χ2v) is 6.02. The van der Waals surface area contributed by atoms with Gasteiger partial charge in [-0.15, -0.1) is 0 Å². The fraction of sp³-hybridized carbons (Fsp3) is 0.211. The summed E-state index contributed by atoms with van der Waals surface area (Å²) in [5.74, 6) is 0.592. The fourth-order valence-electron chi connectivity index (χ4n) is 3.07. The van der Waals surface area contributed by atoms with Crippen LogP contribution in [-0.2, 0) is 4.79 Å². The number of para-hydroxylation sites is 1. The van der Waals surface area contributed by atoms with E-state index in [4.69, 9.17) is 4.98 Å². The van der Waals surface area contributed by atoms with E-state index in [1.165, 1.54) is 0 Å². The molecule has 1 fully saturated rings. The van der Waals surface area contributed by atoms with Gasteiger partial charge in [0.15, 0.2) is 0 Å². The number of rotatable bonds is 3. The highest BCUT2D eigenvalue weighted by Crippen LogP contribution is 2.27. The Morgan fingerprint density at radius 3 is 2.54 bits per heavy atom. The molecule has 1 saturated heterocycles. The molecule has 1 aliphatic rings. The maximum Gasteiger partial charge on any atom is 0.244 e. The third-order valence-electron chi connectivity index (χ3n) is 4.38. The predicted molar refractivity (Wildman–Crippen MR) is 94.6 cm³/mol. The standard InChI is InChI=1S/C19H18N4O/c1-23-12-11-16(18(23)24)21-19-20-15-10-6-5-9-14(15)17(22-19)13-7-3-2-4-8-13/h2-10,16H,11-12H2,1H3,(H,20,21,22). The number of nitrogens with zero attached hydrogens (tertiary/aromatic N) is 3. The number of aromatic nitrogens is 2. The molecule has 0 saturated carbocycles.